The van der Waals surface area contributed by atoms with Crippen molar-refractivity contribution in [1.29, 1.82) is 0 Å². The molecule has 0 bridgehead atoms. The quantitative estimate of drug-likeness (QED) is 0.735. The van der Waals surface area contributed by atoms with Crippen LogP contribution in [0.4, 0.5) is 18.0 Å². The Morgan fingerprint density at radius 1 is 1.32 bits per heavy atom. The van der Waals surface area contributed by atoms with E-state index in [1.165, 1.54) is 0 Å². The minimum atomic E-state index is -4.70. The van der Waals surface area contributed by atoms with Crippen LogP contribution in [0.2, 0.25) is 0 Å². The molecule has 2 aliphatic rings. The summed E-state index contributed by atoms with van der Waals surface area (Å²) in [7, 11) is -4.35. The van der Waals surface area contributed by atoms with Gasteiger partial charge in [-0.1, -0.05) is 12.8 Å². The smallest absolute Gasteiger partial charge is 0.426 e. The predicted octanol–water partition coefficient (Wildman–Crippen LogP) is 1.57. The average molecular weight is 303 g/mol. The van der Waals surface area contributed by atoms with E-state index in [1.54, 1.807) is 0 Å². The number of carbonyl (C=O) groups is 1. The summed E-state index contributed by atoms with van der Waals surface area (Å²) in [4.78, 5) is 11.5. The lowest BCUT2D eigenvalue weighted by Crippen LogP contribution is -2.43. The first kappa shape index (κ1) is 14.4. The molecule has 110 valence electrons. The Bertz CT molecular complexity index is 463. The summed E-state index contributed by atoms with van der Waals surface area (Å²) in [5.41, 5.74) is 0. The number of hydrogen-bond acceptors (Lipinski definition) is 5. The highest BCUT2D eigenvalue weighted by atomic mass is 32.2. The molecule has 0 aromatic heterocycles. The first-order valence-corrected chi connectivity index (χ1v) is 7.03. The maximum Gasteiger partial charge on any atom is 0.426 e. The minimum Gasteiger partial charge on any atom is -0.439 e. The van der Waals surface area contributed by atoms with Gasteiger partial charge in [-0.05, 0) is 12.8 Å². The first-order valence-electron chi connectivity index (χ1n) is 5.67. The molecule has 0 radical (unpaired) electrons. The zero-order chi connectivity index (χ0) is 14.3. The number of fused-ring (bicyclic) bond motifs is 1. The van der Waals surface area contributed by atoms with Gasteiger partial charge in [-0.25, -0.2) is 8.98 Å². The Kier molecular flexibility index (Phi) is 3.65. The number of alkyl halides is 3. The molecular weight excluding hydrogens is 291 g/mol. The average Bonchev–Trinajstić information content (AvgIpc) is 2.54. The number of nitrogens with zero attached hydrogens (tertiary/aromatic N) is 1. The summed E-state index contributed by atoms with van der Waals surface area (Å²) in [6.07, 6.45) is -4.67. The van der Waals surface area contributed by atoms with E-state index >= 15 is 0 Å². The molecule has 1 aliphatic carbocycles. The second kappa shape index (κ2) is 4.82. The van der Waals surface area contributed by atoms with Gasteiger partial charge in [0, 0.05) is 0 Å². The summed E-state index contributed by atoms with van der Waals surface area (Å²) in [6.45, 7) is -1.82. The highest BCUT2D eigenvalue weighted by Gasteiger charge is 2.51. The zero-order valence-electron chi connectivity index (χ0n) is 9.72. The van der Waals surface area contributed by atoms with Crippen LogP contribution in [0.1, 0.15) is 25.7 Å². The molecule has 1 saturated heterocycles. The number of ether oxygens (including phenoxy) is 1. The maximum atomic E-state index is 12.0. The Morgan fingerprint density at radius 2 is 1.95 bits per heavy atom. The fraction of sp³-hybridized carbons (Fsp3) is 0.889. The number of rotatable bonds is 1. The number of amides is 1. The van der Waals surface area contributed by atoms with E-state index in [4.69, 9.17) is 4.18 Å². The number of hydrogen-bond donors (Lipinski definition) is 0. The van der Waals surface area contributed by atoms with E-state index < -0.39 is 41.3 Å². The largest absolute Gasteiger partial charge is 0.439 e. The van der Waals surface area contributed by atoms with Crippen molar-refractivity contribution in [3.63, 3.8) is 0 Å². The van der Waals surface area contributed by atoms with Crippen molar-refractivity contribution in [2.75, 3.05) is 6.61 Å². The molecule has 1 aliphatic heterocycles. The highest BCUT2D eigenvalue weighted by Crippen LogP contribution is 2.35. The first-order chi connectivity index (χ1) is 8.71. The normalized spacial score (nSPS) is 29.9. The van der Waals surface area contributed by atoms with Gasteiger partial charge >= 0.3 is 22.6 Å². The van der Waals surface area contributed by atoms with E-state index in [9.17, 15) is 26.4 Å². The number of halogens is 3. The van der Waals surface area contributed by atoms with Gasteiger partial charge < -0.3 is 4.74 Å². The second-order valence-electron chi connectivity index (χ2n) is 4.41. The van der Waals surface area contributed by atoms with Crippen molar-refractivity contribution >= 4 is 16.4 Å². The van der Waals surface area contributed by atoms with Crippen LogP contribution in [-0.4, -0.2) is 43.7 Å². The van der Waals surface area contributed by atoms with Gasteiger partial charge in [-0.3, -0.25) is 0 Å². The molecule has 1 heterocycles. The topological polar surface area (TPSA) is 72.9 Å². The van der Waals surface area contributed by atoms with Gasteiger partial charge in [0.25, 0.3) is 0 Å². The molecule has 0 unspecified atom stereocenters. The minimum absolute atomic E-state index is 0.294. The molecule has 10 heteroatoms. The molecule has 1 saturated carbocycles. The number of carbonyl (C=O) groups excluding carboxylic acids is 1. The monoisotopic (exact) mass is 303 g/mol. The molecule has 0 aromatic carbocycles. The van der Waals surface area contributed by atoms with Gasteiger partial charge in [-0.15, -0.1) is 0 Å². The van der Waals surface area contributed by atoms with Gasteiger partial charge in [0.15, 0.2) is 6.61 Å². The van der Waals surface area contributed by atoms with Crippen LogP contribution in [0.25, 0.3) is 0 Å². The molecular formula is C9H12F3NO5S. The van der Waals surface area contributed by atoms with Crippen molar-refractivity contribution in [3.8, 4) is 0 Å². The molecule has 0 aromatic rings. The van der Waals surface area contributed by atoms with Crippen LogP contribution in [-0.2, 0) is 19.2 Å². The maximum absolute atomic E-state index is 12.0. The molecule has 6 nitrogen and oxygen atoms in total. The van der Waals surface area contributed by atoms with E-state index in [2.05, 4.69) is 4.74 Å². The standard InChI is InChI=1S/C9H12F3NO5S/c10-9(11,12)5-17-8(14)13-6-3-1-2-4-7(6)18-19(13,15)16/h6-7H,1-5H2/t6-,7+/m0/s1. The summed E-state index contributed by atoms with van der Waals surface area (Å²) in [6, 6.07) is -0.764. The van der Waals surface area contributed by atoms with E-state index in [-0.39, 0.29) is 0 Å². The lowest BCUT2D eigenvalue weighted by atomic mass is 9.93. The van der Waals surface area contributed by atoms with Crippen molar-refractivity contribution < 1.29 is 35.3 Å². The zero-order valence-corrected chi connectivity index (χ0v) is 10.5. The lowest BCUT2D eigenvalue weighted by Gasteiger charge is -2.26. The Labute approximate surface area is 107 Å². The van der Waals surface area contributed by atoms with Crippen LogP contribution in [0.3, 0.4) is 0 Å². The molecule has 2 fully saturated rings. The summed E-state index contributed by atoms with van der Waals surface area (Å²) in [5.74, 6) is 0. The van der Waals surface area contributed by atoms with Gasteiger partial charge in [0.05, 0.1) is 6.04 Å². The van der Waals surface area contributed by atoms with Gasteiger partial charge in [0.1, 0.15) is 6.10 Å². The lowest BCUT2D eigenvalue weighted by molar-refractivity contribution is -0.161. The SMILES string of the molecule is O=C(OCC(F)(F)F)N1[C@H]2CCCC[C@H]2OS1(=O)=O. The molecule has 2 atom stereocenters. The fourth-order valence-corrected chi connectivity index (χ4v) is 3.70. The molecule has 0 spiro atoms. The summed E-state index contributed by atoms with van der Waals surface area (Å²) in [5, 5.41) is 0. The third kappa shape index (κ3) is 3.11. The molecule has 1 amide bonds. The van der Waals surface area contributed by atoms with Crippen molar-refractivity contribution in [2.45, 2.75) is 44.0 Å². The predicted molar refractivity (Wildman–Crippen MR) is 55.3 cm³/mol. The van der Waals surface area contributed by atoms with Crippen LogP contribution >= 0.6 is 0 Å². The fourth-order valence-electron chi connectivity index (χ4n) is 2.26. The van der Waals surface area contributed by atoms with Gasteiger partial charge in [-0.2, -0.15) is 25.9 Å². The van der Waals surface area contributed by atoms with Crippen LogP contribution in [0.15, 0.2) is 0 Å². The third-order valence-electron chi connectivity index (χ3n) is 2.99. The Balaban J connectivity index is 2.10. The van der Waals surface area contributed by atoms with Gasteiger partial charge in [0.2, 0.25) is 0 Å². The van der Waals surface area contributed by atoms with E-state index in [0.29, 0.717) is 23.6 Å². The van der Waals surface area contributed by atoms with Crippen LogP contribution in [0.5, 0.6) is 0 Å². The molecule has 19 heavy (non-hydrogen) atoms. The second-order valence-corrected chi connectivity index (χ2v) is 5.85. The van der Waals surface area contributed by atoms with Crippen LogP contribution < -0.4 is 0 Å². The Morgan fingerprint density at radius 3 is 2.58 bits per heavy atom. The highest BCUT2D eigenvalue weighted by molar-refractivity contribution is 7.85. The summed E-state index contributed by atoms with van der Waals surface area (Å²) < 4.78 is 68.1. The van der Waals surface area contributed by atoms with Crippen molar-refractivity contribution in [2.24, 2.45) is 0 Å². The summed E-state index contributed by atoms with van der Waals surface area (Å²) >= 11 is 0. The van der Waals surface area contributed by atoms with E-state index in [0.717, 1.165) is 6.42 Å². The van der Waals surface area contributed by atoms with Crippen LogP contribution in [0, 0.1) is 0 Å². The molecule has 2 rings (SSSR count). The molecule has 0 N–H and O–H groups in total. The Hall–Kier alpha value is -1.03. The third-order valence-corrected chi connectivity index (χ3v) is 4.39. The van der Waals surface area contributed by atoms with Crippen molar-refractivity contribution in [3.05, 3.63) is 0 Å². The van der Waals surface area contributed by atoms with Crippen molar-refractivity contribution in [1.82, 2.24) is 4.31 Å². The van der Waals surface area contributed by atoms with E-state index in [1.807, 2.05) is 0 Å².